The number of anilines is 1. The van der Waals surface area contributed by atoms with Crippen molar-refractivity contribution in [1.29, 1.82) is 0 Å². The number of hydrogen-bond donors (Lipinski definition) is 0. The van der Waals surface area contributed by atoms with Crippen LogP contribution in [0, 0.1) is 5.92 Å². The number of fused-ring (bicyclic) bond motifs is 1. The molecule has 0 spiro atoms. The van der Waals surface area contributed by atoms with Gasteiger partial charge in [-0.05, 0) is 37.0 Å². The van der Waals surface area contributed by atoms with E-state index in [2.05, 4.69) is 19.9 Å². The number of carbonyl (C=O) groups is 1. The Balaban J connectivity index is 1.30. The Morgan fingerprint density at radius 3 is 2.62 bits per heavy atom. The first-order valence-corrected chi connectivity index (χ1v) is 9.98. The molecule has 2 aromatic heterocycles. The third-order valence-corrected chi connectivity index (χ3v) is 5.67. The quantitative estimate of drug-likeness (QED) is 0.672. The zero-order chi connectivity index (χ0) is 19.8. The van der Waals surface area contributed by atoms with E-state index in [1.54, 1.807) is 22.0 Å². The molecule has 148 valence electrons. The molecule has 1 amide bonds. The highest BCUT2D eigenvalue weighted by molar-refractivity contribution is 5.92. The summed E-state index contributed by atoms with van der Waals surface area (Å²) in [6.45, 7) is 3.44. The van der Waals surface area contributed by atoms with Gasteiger partial charge in [0, 0.05) is 50.8 Å². The third-order valence-electron chi connectivity index (χ3n) is 5.67. The molecule has 8 nitrogen and oxygen atoms in total. The topological polar surface area (TPSA) is 84.2 Å². The van der Waals surface area contributed by atoms with Gasteiger partial charge in [-0.25, -0.2) is 9.97 Å². The van der Waals surface area contributed by atoms with E-state index in [0.717, 1.165) is 30.8 Å². The third kappa shape index (κ3) is 3.57. The van der Waals surface area contributed by atoms with Gasteiger partial charge in [-0.3, -0.25) is 19.1 Å². The van der Waals surface area contributed by atoms with E-state index in [9.17, 15) is 9.59 Å². The van der Waals surface area contributed by atoms with Crippen LogP contribution >= 0.6 is 0 Å². The molecule has 0 N–H and O–H groups in total. The van der Waals surface area contributed by atoms with E-state index >= 15 is 0 Å². The van der Waals surface area contributed by atoms with Crippen LogP contribution in [-0.2, 0) is 6.54 Å². The molecule has 5 rings (SSSR count). The normalized spacial score (nSPS) is 17.0. The highest BCUT2D eigenvalue weighted by Crippen LogP contribution is 2.30. The molecule has 1 aromatic carbocycles. The monoisotopic (exact) mass is 390 g/mol. The number of rotatable bonds is 4. The lowest BCUT2D eigenvalue weighted by Gasteiger charge is -2.36. The van der Waals surface area contributed by atoms with E-state index in [4.69, 9.17) is 0 Å². The number of nitrogens with zero attached hydrogens (tertiary/aromatic N) is 6. The minimum atomic E-state index is -0.0888. The fourth-order valence-electron chi connectivity index (χ4n) is 3.79. The molecular formula is C21H22N6O2. The second-order valence-corrected chi connectivity index (χ2v) is 7.72. The van der Waals surface area contributed by atoms with E-state index in [0.29, 0.717) is 30.1 Å². The first kappa shape index (κ1) is 17.8. The van der Waals surface area contributed by atoms with Crippen LogP contribution in [0.1, 0.15) is 23.3 Å². The first-order valence-electron chi connectivity index (χ1n) is 9.98. The summed E-state index contributed by atoms with van der Waals surface area (Å²) < 4.78 is 1.73. The van der Waals surface area contributed by atoms with Crippen molar-refractivity contribution in [3.05, 3.63) is 59.2 Å². The SMILES string of the molecule is O=C(c1cnccn1)N1CCN(c2ccc3c(=O)n(CC4CC4)cnc3c2)CC1. The molecular weight excluding hydrogens is 368 g/mol. The highest BCUT2D eigenvalue weighted by Gasteiger charge is 2.24. The Kier molecular flexibility index (Phi) is 4.46. The Morgan fingerprint density at radius 2 is 1.90 bits per heavy atom. The minimum absolute atomic E-state index is 0.0350. The molecule has 1 aliphatic carbocycles. The summed E-state index contributed by atoms with van der Waals surface area (Å²) in [6.07, 6.45) is 8.67. The summed E-state index contributed by atoms with van der Waals surface area (Å²) >= 11 is 0. The lowest BCUT2D eigenvalue weighted by atomic mass is 10.2. The lowest BCUT2D eigenvalue weighted by molar-refractivity contribution is 0.0740. The van der Waals surface area contributed by atoms with Gasteiger partial charge in [0.15, 0.2) is 0 Å². The Hall–Kier alpha value is -3.29. The second kappa shape index (κ2) is 7.27. The van der Waals surface area contributed by atoms with Gasteiger partial charge in [0.25, 0.3) is 11.5 Å². The van der Waals surface area contributed by atoms with E-state index in [1.165, 1.54) is 25.2 Å². The second-order valence-electron chi connectivity index (χ2n) is 7.72. The molecule has 3 heterocycles. The molecule has 0 bridgehead atoms. The smallest absolute Gasteiger partial charge is 0.274 e. The van der Waals surface area contributed by atoms with E-state index in [-0.39, 0.29) is 11.5 Å². The summed E-state index contributed by atoms with van der Waals surface area (Å²) in [5, 5.41) is 0.661. The molecule has 1 aliphatic heterocycles. The predicted molar refractivity (Wildman–Crippen MR) is 109 cm³/mol. The molecule has 3 aromatic rings. The molecule has 2 fully saturated rings. The van der Waals surface area contributed by atoms with Crippen LogP contribution in [-0.4, -0.2) is 56.5 Å². The predicted octanol–water partition coefficient (Wildman–Crippen LogP) is 1.56. The largest absolute Gasteiger partial charge is 0.368 e. The van der Waals surface area contributed by atoms with Gasteiger partial charge < -0.3 is 9.80 Å². The summed E-state index contributed by atoms with van der Waals surface area (Å²) in [5.74, 6) is 0.543. The van der Waals surface area contributed by atoms with Gasteiger partial charge in [0.05, 0.1) is 23.4 Å². The van der Waals surface area contributed by atoms with Crippen molar-refractivity contribution >= 4 is 22.5 Å². The van der Waals surface area contributed by atoms with Crippen LogP contribution in [0.2, 0.25) is 0 Å². The van der Waals surface area contributed by atoms with Crippen molar-refractivity contribution in [3.8, 4) is 0 Å². The summed E-state index contributed by atoms with van der Waals surface area (Å²) in [7, 11) is 0. The maximum Gasteiger partial charge on any atom is 0.274 e. The minimum Gasteiger partial charge on any atom is -0.368 e. The van der Waals surface area contributed by atoms with Crippen molar-refractivity contribution in [2.75, 3.05) is 31.1 Å². The highest BCUT2D eigenvalue weighted by atomic mass is 16.2. The zero-order valence-corrected chi connectivity index (χ0v) is 16.1. The van der Waals surface area contributed by atoms with Gasteiger partial charge in [-0.15, -0.1) is 0 Å². The molecule has 0 unspecified atom stereocenters. The van der Waals surface area contributed by atoms with E-state index in [1.807, 2.05) is 18.2 Å². The summed E-state index contributed by atoms with van der Waals surface area (Å²) in [6, 6.07) is 5.83. The summed E-state index contributed by atoms with van der Waals surface area (Å²) in [5.41, 5.74) is 2.15. The molecule has 0 radical (unpaired) electrons. The van der Waals surface area contributed by atoms with Crippen LogP contribution in [0.25, 0.3) is 10.9 Å². The number of piperazine rings is 1. The van der Waals surface area contributed by atoms with Crippen LogP contribution < -0.4 is 10.5 Å². The standard InChI is InChI=1S/C21H22N6O2/c28-20-17-4-3-16(11-18(17)24-14-27(20)13-15-1-2-15)25-7-9-26(10-8-25)21(29)19-12-22-5-6-23-19/h3-6,11-12,14-15H,1-2,7-10,13H2. The lowest BCUT2D eigenvalue weighted by Crippen LogP contribution is -2.49. The average Bonchev–Trinajstić information content (AvgIpc) is 3.60. The van der Waals surface area contributed by atoms with Crippen molar-refractivity contribution in [1.82, 2.24) is 24.4 Å². The van der Waals surface area contributed by atoms with Crippen LogP contribution in [0.15, 0.2) is 47.9 Å². The Morgan fingerprint density at radius 1 is 1.07 bits per heavy atom. The molecule has 1 saturated heterocycles. The first-order chi connectivity index (χ1) is 14.2. The Bertz CT molecular complexity index is 1100. The Labute approximate surface area is 167 Å². The average molecular weight is 390 g/mol. The van der Waals surface area contributed by atoms with Crippen molar-refractivity contribution in [2.45, 2.75) is 19.4 Å². The number of hydrogen-bond acceptors (Lipinski definition) is 6. The number of amides is 1. The molecule has 1 saturated carbocycles. The molecule has 8 heteroatoms. The van der Waals surface area contributed by atoms with Crippen molar-refractivity contribution in [3.63, 3.8) is 0 Å². The maximum atomic E-state index is 12.7. The van der Waals surface area contributed by atoms with Gasteiger partial charge in [0.2, 0.25) is 0 Å². The van der Waals surface area contributed by atoms with Crippen LogP contribution in [0.4, 0.5) is 5.69 Å². The summed E-state index contributed by atoms with van der Waals surface area (Å²) in [4.78, 5) is 41.8. The number of aromatic nitrogens is 4. The fraction of sp³-hybridized carbons (Fsp3) is 0.381. The van der Waals surface area contributed by atoms with Crippen molar-refractivity contribution in [2.24, 2.45) is 5.92 Å². The number of carbonyl (C=O) groups excluding carboxylic acids is 1. The van der Waals surface area contributed by atoms with E-state index < -0.39 is 0 Å². The van der Waals surface area contributed by atoms with Gasteiger partial charge in [-0.1, -0.05) is 0 Å². The van der Waals surface area contributed by atoms with Crippen molar-refractivity contribution < 1.29 is 4.79 Å². The molecule has 2 aliphatic rings. The van der Waals surface area contributed by atoms with Gasteiger partial charge in [-0.2, -0.15) is 0 Å². The molecule has 0 atom stereocenters. The maximum absolute atomic E-state index is 12.7. The van der Waals surface area contributed by atoms with Crippen LogP contribution in [0.3, 0.4) is 0 Å². The van der Waals surface area contributed by atoms with Gasteiger partial charge in [0.1, 0.15) is 5.69 Å². The van der Waals surface area contributed by atoms with Gasteiger partial charge >= 0.3 is 0 Å². The fourth-order valence-corrected chi connectivity index (χ4v) is 3.79. The number of benzene rings is 1. The van der Waals surface area contributed by atoms with Crippen LogP contribution in [0.5, 0.6) is 0 Å². The zero-order valence-electron chi connectivity index (χ0n) is 16.1. The molecule has 29 heavy (non-hydrogen) atoms.